The number of nitrogens with one attached hydrogen (secondary N) is 1. The average molecular weight is 649 g/mol. The number of hydrogen-bond donors (Lipinski definition) is 1. The van der Waals surface area contributed by atoms with Gasteiger partial charge in [-0.2, -0.15) is 0 Å². The van der Waals surface area contributed by atoms with Gasteiger partial charge in [0.05, 0.1) is 10.6 Å². The normalized spacial score (nSPS) is 13.3. The SMILES string of the molecule is CCCNC(=O)C(C)N(Cc1ccc(Br)cc1)C(=O)CN(c1ccc(F)cc1)S(=O)(=O)c1ccc2c(c1)OCCO2. The molecule has 0 fully saturated rings. The highest BCUT2D eigenvalue weighted by atomic mass is 79.9. The molecule has 41 heavy (non-hydrogen) atoms. The van der Waals surface area contributed by atoms with Gasteiger partial charge >= 0.3 is 0 Å². The number of sulfonamides is 1. The monoisotopic (exact) mass is 647 g/mol. The van der Waals surface area contributed by atoms with Gasteiger partial charge in [-0.1, -0.05) is 35.0 Å². The fourth-order valence-corrected chi connectivity index (χ4v) is 5.91. The Labute approximate surface area is 247 Å². The van der Waals surface area contributed by atoms with Gasteiger partial charge in [0.15, 0.2) is 11.5 Å². The quantitative estimate of drug-likeness (QED) is 0.329. The van der Waals surface area contributed by atoms with Gasteiger partial charge in [-0.25, -0.2) is 12.8 Å². The molecular formula is C29H31BrFN3O6S. The number of rotatable bonds is 11. The summed E-state index contributed by atoms with van der Waals surface area (Å²) in [4.78, 5) is 28.0. The van der Waals surface area contributed by atoms with Gasteiger partial charge in [0.1, 0.15) is 31.6 Å². The molecule has 0 saturated carbocycles. The molecule has 0 aromatic heterocycles. The molecular weight excluding hydrogens is 617 g/mol. The van der Waals surface area contributed by atoms with Crippen LogP contribution in [0.4, 0.5) is 10.1 Å². The van der Waals surface area contributed by atoms with Crippen molar-refractivity contribution >= 4 is 43.5 Å². The Morgan fingerprint density at radius 2 is 1.66 bits per heavy atom. The summed E-state index contributed by atoms with van der Waals surface area (Å²) in [6.45, 7) is 3.98. The molecule has 0 aliphatic carbocycles. The van der Waals surface area contributed by atoms with E-state index in [4.69, 9.17) is 9.47 Å². The summed E-state index contributed by atoms with van der Waals surface area (Å²) in [7, 11) is -4.35. The fourth-order valence-electron chi connectivity index (χ4n) is 4.21. The maximum absolute atomic E-state index is 14.0. The molecule has 1 unspecified atom stereocenters. The van der Waals surface area contributed by atoms with Crippen molar-refractivity contribution in [3.05, 3.63) is 82.6 Å². The number of hydrogen-bond acceptors (Lipinski definition) is 6. The molecule has 0 radical (unpaired) electrons. The number of benzene rings is 3. The van der Waals surface area contributed by atoms with Gasteiger partial charge in [-0.05, 0) is 67.4 Å². The Morgan fingerprint density at radius 1 is 1.00 bits per heavy atom. The van der Waals surface area contributed by atoms with Crippen molar-refractivity contribution in [3.8, 4) is 11.5 Å². The van der Waals surface area contributed by atoms with Crippen molar-refractivity contribution in [3.63, 3.8) is 0 Å². The van der Waals surface area contributed by atoms with Crippen LogP contribution in [0.1, 0.15) is 25.8 Å². The molecule has 1 N–H and O–H groups in total. The van der Waals surface area contributed by atoms with Crippen LogP contribution in [0.5, 0.6) is 11.5 Å². The number of halogens is 2. The minimum Gasteiger partial charge on any atom is -0.486 e. The molecule has 1 atom stereocenters. The lowest BCUT2D eigenvalue weighted by atomic mass is 10.1. The van der Waals surface area contributed by atoms with Crippen molar-refractivity contribution in [2.75, 3.05) is 30.6 Å². The van der Waals surface area contributed by atoms with Gasteiger partial charge in [0.25, 0.3) is 10.0 Å². The van der Waals surface area contributed by atoms with Crippen LogP contribution in [-0.2, 0) is 26.2 Å². The molecule has 1 aliphatic rings. The summed E-state index contributed by atoms with van der Waals surface area (Å²) in [5.74, 6) is -0.860. The highest BCUT2D eigenvalue weighted by molar-refractivity contribution is 9.10. The fraction of sp³-hybridized carbons (Fsp3) is 0.310. The highest BCUT2D eigenvalue weighted by Crippen LogP contribution is 2.34. The second-order valence-electron chi connectivity index (χ2n) is 9.41. The molecule has 0 spiro atoms. The third-order valence-electron chi connectivity index (χ3n) is 6.48. The molecule has 3 aromatic rings. The van der Waals surface area contributed by atoms with E-state index >= 15 is 0 Å². The first-order valence-corrected chi connectivity index (χ1v) is 15.3. The number of carbonyl (C=O) groups is 2. The van der Waals surface area contributed by atoms with E-state index < -0.39 is 34.3 Å². The van der Waals surface area contributed by atoms with Crippen LogP contribution in [0, 0.1) is 5.82 Å². The van der Waals surface area contributed by atoms with Crippen LogP contribution >= 0.6 is 15.9 Å². The largest absolute Gasteiger partial charge is 0.486 e. The first kappa shape index (κ1) is 30.3. The average Bonchev–Trinajstić information content (AvgIpc) is 2.98. The predicted molar refractivity (Wildman–Crippen MR) is 156 cm³/mol. The number of ether oxygens (including phenoxy) is 2. The van der Waals surface area contributed by atoms with Gasteiger partial charge < -0.3 is 19.7 Å². The Bertz CT molecular complexity index is 1490. The molecule has 4 rings (SSSR count). The smallest absolute Gasteiger partial charge is 0.264 e. The zero-order valence-electron chi connectivity index (χ0n) is 22.7. The van der Waals surface area contributed by atoms with E-state index in [0.717, 1.165) is 26.5 Å². The molecule has 1 heterocycles. The predicted octanol–water partition coefficient (Wildman–Crippen LogP) is 4.50. The van der Waals surface area contributed by atoms with Gasteiger partial charge in [0, 0.05) is 23.6 Å². The summed E-state index contributed by atoms with van der Waals surface area (Å²) in [5.41, 5.74) is 0.834. The number of carbonyl (C=O) groups excluding carboxylic acids is 2. The molecule has 0 saturated heterocycles. The third-order valence-corrected chi connectivity index (χ3v) is 8.78. The summed E-state index contributed by atoms with van der Waals surface area (Å²) in [6.07, 6.45) is 0.714. The van der Waals surface area contributed by atoms with E-state index in [1.165, 1.54) is 35.2 Å². The van der Waals surface area contributed by atoms with Crippen molar-refractivity contribution in [1.82, 2.24) is 10.2 Å². The zero-order chi connectivity index (χ0) is 29.6. The summed E-state index contributed by atoms with van der Waals surface area (Å²) in [6, 6.07) is 15.4. The Balaban J connectivity index is 1.71. The first-order chi connectivity index (χ1) is 19.6. The first-order valence-electron chi connectivity index (χ1n) is 13.1. The topological polar surface area (TPSA) is 105 Å². The van der Waals surface area contributed by atoms with Gasteiger partial charge in [0.2, 0.25) is 11.8 Å². The van der Waals surface area contributed by atoms with E-state index in [9.17, 15) is 22.4 Å². The minimum absolute atomic E-state index is 0.0636. The number of anilines is 1. The molecule has 1 aliphatic heterocycles. The molecule has 9 nitrogen and oxygen atoms in total. The number of amides is 2. The van der Waals surface area contributed by atoms with E-state index in [-0.39, 0.29) is 35.4 Å². The van der Waals surface area contributed by atoms with Crippen LogP contribution in [0.15, 0.2) is 76.1 Å². The van der Waals surface area contributed by atoms with E-state index in [2.05, 4.69) is 21.2 Å². The Morgan fingerprint density at radius 3 is 2.32 bits per heavy atom. The molecule has 0 bridgehead atoms. The lowest BCUT2D eigenvalue weighted by Crippen LogP contribution is -2.51. The molecule has 12 heteroatoms. The second kappa shape index (κ2) is 13.3. The van der Waals surface area contributed by atoms with E-state index in [0.29, 0.717) is 25.3 Å². The van der Waals surface area contributed by atoms with E-state index in [1.54, 1.807) is 6.92 Å². The van der Waals surface area contributed by atoms with Gasteiger partial charge in [-0.3, -0.25) is 13.9 Å². The zero-order valence-corrected chi connectivity index (χ0v) is 25.1. The maximum atomic E-state index is 14.0. The van der Waals surface area contributed by atoms with Crippen LogP contribution in [0.3, 0.4) is 0 Å². The number of nitrogens with zero attached hydrogens (tertiary/aromatic N) is 2. The van der Waals surface area contributed by atoms with Crippen molar-refractivity contribution < 1.29 is 31.9 Å². The lowest BCUT2D eigenvalue weighted by molar-refractivity contribution is -0.139. The minimum atomic E-state index is -4.35. The van der Waals surface area contributed by atoms with Crippen molar-refractivity contribution in [1.29, 1.82) is 0 Å². The standard InChI is InChI=1S/C29H31BrFN3O6S/c1-3-14-32-29(36)20(2)33(18-21-4-6-22(30)7-5-21)28(35)19-34(24-10-8-23(31)9-11-24)41(37,38)25-12-13-26-27(17-25)40-16-15-39-26/h4-13,17,20H,3,14-16,18-19H2,1-2H3,(H,32,36). The summed E-state index contributed by atoms with van der Waals surface area (Å²) >= 11 is 3.39. The van der Waals surface area contributed by atoms with Crippen molar-refractivity contribution in [2.24, 2.45) is 0 Å². The Kier molecular flexibility index (Phi) is 9.87. The van der Waals surface area contributed by atoms with Crippen LogP contribution in [-0.4, -0.2) is 57.5 Å². The highest BCUT2D eigenvalue weighted by Gasteiger charge is 2.33. The van der Waals surface area contributed by atoms with E-state index in [1.807, 2.05) is 31.2 Å². The molecule has 3 aromatic carbocycles. The lowest BCUT2D eigenvalue weighted by Gasteiger charge is -2.32. The summed E-state index contributed by atoms with van der Waals surface area (Å²) in [5, 5.41) is 2.80. The molecule has 218 valence electrons. The van der Waals surface area contributed by atoms with Crippen LogP contribution in [0.2, 0.25) is 0 Å². The molecule has 2 amide bonds. The van der Waals surface area contributed by atoms with Crippen LogP contribution in [0.25, 0.3) is 0 Å². The third kappa shape index (κ3) is 7.36. The Hall–Kier alpha value is -3.64. The van der Waals surface area contributed by atoms with Crippen LogP contribution < -0.4 is 19.1 Å². The maximum Gasteiger partial charge on any atom is 0.264 e. The summed E-state index contributed by atoms with van der Waals surface area (Å²) < 4.78 is 54.6. The van der Waals surface area contributed by atoms with Gasteiger partial charge in [-0.15, -0.1) is 0 Å². The number of fused-ring (bicyclic) bond motifs is 1. The second-order valence-corrected chi connectivity index (χ2v) is 12.2. The van der Waals surface area contributed by atoms with Crippen molar-refractivity contribution in [2.45, 2.75) is 37.8 Å².